The molecule has 0 aromatic carbocycles. The lowest BCUT2D eigenvalue weighted by molar-refractivity contribution is -0.174. The van der Waals surface area contributed by atoms with Crippen LogP contribution in [0.25, 0.3) is 0 Å². The largest absolute Gasteiger partial charge is 0.481 e. The van der Waals surface area contributed by atoms with Crippen molar-refractivity contribution in [2.24, 2.45) is 23.7 Å². The number of rotatable bonds is 19. The Hall–Kier alpha value is -1.95. The predicted molar refractivity (Wildman–Crippen MR) is 191 cm³/mol. The lowest BCUT2D eigenvalue weighted by Gasteiger charge is -2.37. The molecule has 3 N–H and O–H groups in total. The quantitative estimate of drug-likeness (QED) is 0.118. The maximum Gasteiger partial charge on any atom is 0.407 e. The molecule has 3 heterocycles. The van der Waals surface area contributed by atoms with Crippen molar-refractivity contribution in [3.05, 3.63) is 0 Å². The number of hydrogen-bond donors (Lipinski definition) is 3. The summed E-state index contributed by atoms with van der Waals surface area (Å²) in [5.41, 5.74) is -0.581. The molecule has 11 heteroatoms. The molecule has 3 aliphatic heterocycles. The van der Waals surface area contributed by atoms with Crippen LogP contribution >= 0.6 is 0 Å². The first-order valence-electron chi connectivity index (χ1n) is 19.6. The molecule has 1 amide bonds. The molecule has 13 atom stereocenters. The first-order chi connectivity index (χ1) is 23.6. The molecule has 0 radical (unpaired) electrons. The van der Waals surface area contributed by atoms with Crippen LogP contribution in [0.1, 0.15) is 146 Å². The van der Waals surface area contributed by atoms with Crippen molar-refractivity contribution in [1.29, 1.82) is 0 Å². The molecule has 3 aliphatic rings. The molecule has 0 bridgehead atoms. The van der Waals surface area contributed by atoms with E-state index >= 15 is 0 Å². The molecule has 0 aromatic rings. The Kier molecular flexibility index (Phi) is 16.8. The number of carbonyl (C=O) groups is 3. The number of nitrogens with one attached hydrogen (secondary N) is 1. The summed E-state index contributed by atoms with van der Waals surface area (Å²) in [5.74, 6) is -2.58. The van der Waals surface area contributed by atoms with Crippen LogP contribution in [0.5, 0.6) is 0 Å². The monoisotopic (exact) mass is 711 g/mol. The molecule has 50 heavy (non-hydrogen) atoms. The Morgan fingerprint density at radius 3 is 1.94 bits per heavy atom. The van der Waals surface area contributed by atoms with Gasteiger partial charge in [-0.05, 0) is 105 Å². The van der Waals surface area contributed by atoms with Gasteiger partial charge in [0.05, 0.1) is 54.6 Å². The van der Waals surface area contributed by atoms with Crippen LogP contribution in [0.3, 0.4) is 0 Å². The van der Waals surface area contributed by atoms with Gasteiger partial charge in [0, 0.05) is 17.9 Å². The molecule has 3 rings (SSSR count). The second-order valence-corrected chi connectivity index (χ2v) is 16.3. The van der Waals surface area contributed by atoms with Crippen molar-refractivity contribution < 1.29 is 48.3 Å². The summed E-state index contributed by atoms with van der Waals surface area (Å²) in [6.45, 7) is 17.4. The third-order valence-corrected chi connectivity index (χ3v) is 11.0. The van der Waals surface area contributed by atoms with Crippen LogP contribution in [0.2, 0.25) is 0 Å². The molecule has 0 unspecified atom stereocenters. The van der Waals surface area contributed by atoms with Crippen LogP contribution in [0.15, 0.2) is 0 Å². The van der Waals surface area contributed by atoms with Gasteiger partial charge in [-0.15, -0.1) is 0 Å². The fourth-order valence-corrected chi connectivity index (χ4v) is 8.14. The van der Waals surface area contributed by atoms with Gasteiger partial charge in [0.15, 0.2) is 0 Å². The first-order valence-corrected chi connectivity index (χ1v) is 19.6. The molecule has 3 fully saturated rings. The number of alkyl carbamates (subject to hydrolysis) is 1. The molecular formula is C39H69NO10. The van der Waals surface area contributed by atoms with Gasteiger partial charge < -0.3 is 39.2 Å². The summed E-state index contributed by atoms with van der Waals surface area (Å²) in [5, 5.41) is 23.0. The summed E-state index contributed by atoms with van der Waals surface area (Å²) in [6.07, 6.45) is 7.35. The van der Waals surface area contributed by atoms with Crippen LogP contribution in [0, 0.1) is 23.7 Å². The van der Waals surface area contributed by atoms with Crippen LogP contribution in [-0.2, 0) is 33.3 Å². The Labute approximate surface area is 301 Å². The molecule has 290 valence electrons. The van der Waals surface area contributed by atoms with E-state index in [0.29, 0.717) is 25.7 Å². The van der Waals surface area contributed by atoms with E-state index < -0.39 is 41.7 Å². The SMILES string of the molecule is CCC[C@H](O)C[C@@H]1CC[C@H]([C@H](C)C(=O)O[C@@H]([C@H](C)[C@@H]2CC[C@H]([C@@H](C)C(=O)O)O2)[C@H](CC)[C@H]2CC[C@@H](C[C@@H](CCC)NC(=O)OC(C)(C)C)O2)O1. The highest BCUT2D eigenvalue weighted by molar-refractivity contribution is 5.73. The number of ether oxygens (including phenoxy) is 5. The van der Waals surface area contributed by atoms with E-state index in [1.54, 1.807) is 6.92 Å². The van der Waals surface area contributed by atoms with Crippen LogP contribution < -0.4 is 5.32 Å². The van der Waals surface area contributed by atoms with Gasteiger partial charge in [0.25, 0.3) is 0 Å². The number of carbonyl (C=O) groups excluding carboxylic acids is 2. The van der Waals surface area contributed by atoms with Gasteiger partial charge in [-0.2, -0.15) is 0 Å². The maximum absolute atomic E-state index is 13.9. The number of aliphatic hydroxyl groups is 1. The number of aliphatic carboxylic acids is 1. The molecule has 3 saturated heterocycles. The lowest BCUT2D eigenvalue weighted by Crippen LogP contribution is -2.45. The van der Waals surface area contributed by atoms with Crippen molar-refractivity contribution in [3.8, 4) is 0 Å². The van der Waals surface area contributed by atoms with Gasteiger partial charge in [0.1, 0.15) is 11.7 Å². The van der Waals surface area contributed by atoms with Crippen molar-refractivity contribution in [2.45, 2.75) is 206 Å². The zero-order valence-electron chi connectivity index (χ0n) is 32.4. The third-order valence-electron chi connectivity index (χ3n) is 11.0. The highest BCUT2D eigenvalue weighted by Gasteiger charge is 2.46. The topological polar surface area (TPSA) is 150 Å². The normalized spacial score (nSPS) is 29.8. The van der Waals surface area contributed by atoms with E-state index in [1.807, 2.05) is 34.6 Å². The Morgan fingerprint density at radius 2 is 1.34 bits per heavy atom. The summed E-state index contributed by atoms with van der Waals surface area (Å²) in [7, 11) is 0. The Morgan fingerprint density at radius 1 is 0.780 bits per heavy atom. The number of esters is 1. The zero-order chi connectivity index (χ0) is 37.2. The van der Waals surface area contributed by atoms with Gasteiger partial charge in [-0.1, -0.05) is 40.5 Å². The summed E-state index contributed by atoms with van der Waals surface area (Å²) in [6, 6.07) is -0.0783. The number of aliphatic hydroxyl groups excluding tert-OH is 1. The van der Waals surface area contributed by atoms with E-state index in [-0.39, 0.29) is 60.5 Å². The molecular weight excluding hydrogens is 642 g/mol. The molecule has 0 spiro atoms. The van der Waals surface area contributed by atoms with E-state index in [0.717, 1.165) is 57.8 Å². The Balaban J connectivity index is 1.73. The minimum atomic E-state index is -0.878. The number of amides is 1. The van der Waals surface area contributed by atoms with Gasteiger partial charge in [-0.25, -0.2) is 4.79 Å². The number of carboxylic acid groups (broad SMARTS) is 1. The Bertz CT molecular complexity index is 1060. The van der Waals surface area contributed by atoms with Crippen LogP contribution in [0.4, 0.5) is 4.79 Å². The standard InChI is InChI=1S/C39H69NO10/c1-10-13-26(40-38(45)50-39(7,8)9)21-28-16-18-34(47-28)30(12-3)35(23(4)31-19-20-32(48-31)24(5)36(42)43)49-37(44)25(6)33-17-15-29(46-33)22-27(41)14-11-2/h23-35,41H,10-22H2,1-9H3,(H,40,45)(H,42,43)/t23-,24-,25+,26-,27+,28+,29+,30-,31+,32-,33-,34-,35+/m1/s1. The van der Waals surface area contributed by atoms with Gasteiger partial charge in [-0.3, -0.25) is 9.59 Å². The van der Waals surface area contributed by atoms with Crippen molar-refractivity contribution in [1.82, 2.24) is 5.32 Å². The second-order valence-electron chi connectivity index (χ2n) is 16.3. The summed E-state index contributed by atoms with van der Waals surface area (Å²) >= 11 is 0. The van der Waals surface area contributed by atoms with Gasteiger partial charge in [0.2, 0.25) is 0 Å². The highest BCUT2D eigenvalue weighted by atomic mass is 16.6. The molecule has 11 nitrogen and oxygen atoms in total. The van der Waals surface area contributed by atoms with Crippen molar-refractivity contribution >= 4 is 18.0 Å². The lowest BCUT2D eigenvalue weighted by atomic mass is 9.81. The summed E-state index contributed by atoms with van der Waals surface area (Å²) < 4.78 is 31.4. The zero-order valence-corrected chi connectivity index (χ0v) is 32.4. The van der Waals surface area contributed by atoms with Gasteiger partial charge >= 0.3 is 18.0 Å². The fraction of sp³-hybridized carbons (Fsp3) is 0.923. The van der Waals surface area contributed by atoms with E-state index in [4.69, 9.17) is 23.7 Å². The number of hydrogen-bond acceptors (Lipinski definition) is 9. The smallest absolute Gasteiger partial charge is 0.407 e. The second kappa shape index (κ2) is 19.8. The minimum Gasteiger partial charge on any atom is -0.481 e. The predicted octanol–water partition coefficient (Wildman–Crippen LogP) is 7.19. The van der Waals surface area contributed by atoms with Crippen LogP contribution in [-0.4, -0.2) is 88.7 Å². The van der Waals surface area contributed by atoms with Crippen molar-refractivity contribution in [2.75, 3.05) is 0 Å². The average Bonchev–Trinajstić information content (AvgIpc) is 3.81. The van der Waals surface area contributed by atoms with E-state index in [9.17, 15) is 24.6 Å². The summed E-state index contributed by atoms with van der Waals surface area (Å²) in [4.78, 5) is 38.2. The minimum absolute atomic E-state index is 0.0541. The average molecular weight is 712 g/mol. The first kappa shape index (κ1) is 42.5. The van der Waals surface area contributed by atoms with E-state index in [2.05, 4.69) is 26.1 Å². The molecule has 0 aromatic heterocycles. The number of carboxylic acids is 1. The molecule has 0 aliphatic carbocycles. The maximum atomic E-state index is 13.9. The fourth-order valence-electron chi connectivity index (χ4n) is 8.14. The van der Waals surface area contributed by atoms with E-state index in [1.165, 1.54) is 0 Å². The van der Waals surface area contributed by atoms with Crippen molar-refractivity contribution in [3.63, 3.8) is 0 Å². The molecule has 0 saturated carbocycles. The third kappa shape index (κ3) is 12.6. The highest BCUT2D eigenvalue weighted by Crippen LogP contribution is 2.40.